The molecule has 5 rings (SSSR count). The molecule has 2 fully saturated rings. The van der Waals surface area contributed by atoms with Crippen LogP contribution >= 0.6 is 0 Å². The molecule has 0 unspecified atom stereocenters. The summed E-state index contributed by atoms with van der Waals surface area (Å²) in [6, 6.07) is 8.31. The van der Waals surface area contributed by atoms with Gasteiger partial charge < -0.3 is 19.9 Å². The minimum Gasteiger partial charge on any atom is -0.466 e. The lowest BCUT2D eigenvalue weighted by Gasteiger charge is -2.33. The molecule has 0 radical (unpaired) electrons. The SMILES string of the molecule is CCOC(=O)C1CCC(Nc2nccc(-c3c[nH]c4cccc(N5CCC(S(C)(=O)=O)CC5)c34)n2)CC1. The number of hydrogen-bond donors (Lipinski definition) is 2. The van der Waals surface area contributed by atoms with Crippen LogP contribution in [-0.4, -0.2) is 66.6 Å². The van der Waals surface area contributed by atoms with Gasteiger partial charge in [0.2, 0.25) is 5.95 Å². The number of aromatic amines is 1. The number of benzene rings is 1. The quantitative estimate of drug-likeness (QED) is 0.442. The van der Waals surface area contributed by atoms with E-state index in [2.05, 4.69) is 26.3 Å². The standard InChI is InChI=1S/C27H35N5O4S/c1-3-36-26(33)18-7-9-19(10-8-18)30-27-28-14-11-22(31-27)21-17-29-23-5-4-6-24(25(21)23)32-15-12-20(13-16-32)37(2,34)35/h4-6,11,14,17-20,29H,3,7-10,12-13,15-16H2,1-2H3,(H,28,30,31). The summed E-state index contributed by atoms with van der Waals surface area (Å²) in [5.41, 5.74) is 3.92. The average molecular weight is 526 g/mol. The lowest BCUT2D eigenvalue weighted by Crippen LogP contribution is -2.39. The van der Waals surface area contributed by atoms with E-state index in [4.69, 9.17) is 9.72 Å². The number of nitrogens with zero attached hydrogens (tertiary/aromatic N) is 3. The van der Waals surface area contributed by atoms with Crippen molar-refractivity contribution in [3.05, 3.63) is 36.7 Å². The Morgan fingerprint density at radius 2 is 1.89 bits per heavy atom. The Morgan fingerprint density at radius 1 is 1.14 bits per heavy atom. The summed E-state index contributed by atoms with van der Waals surface area (Å²) in [7, 11) is -3.02. The average Bonchev–Trinajstić information content (AvgIpc) is 3.34. The number of fused-ring (bicyclic) bond motifs is 1. The van der Waals surface area contributed by atoms with E-state index < -0.39 is 9.84 Å². The molecule has 1 saturated carbocycles. The van der Waals surface area contributed by atoms with Gasteiger partial charge in [-0.2, -0.15) is 0 Å². The first-order valence-corrected chi connectivity index (χ1v) is 15.1. The molecular formula is C27H35N5O4S. The third kappa shape index (κ3) is 5.58. The molecule has 3 aromatic rings. The van der Waals surface area contributed by atoms with Crippen LogP contribution < -0.4 is 10.2 Å². The van der Waals surface area contributed by atoms with Crippen LogP contribution in [0, 0.1) is 5.92 Å². The Hall–Kier alpha value is -3.14. The van der Waals surface area contributed by atoms with Gasteiger partial charge in [0.15, 0.2) is 0 Å². The van der Waals surface area contributed by atoms with Gasteiger partial charge in [0.05, 0.1) is 23.5 Å². The molecule has 9 nitrogen and oxygen atoms in total. The summed E-state index contributed by atoms with van der Waals surface area (Å²) in [5, 5.41) is 4.28. The number of hydrogen-bond acceptors (Lipinski definition) is 8. The Morgan fingerprint density at radius 3 is 2.59 bits per heavy atom. The van der Waals surface area contributed by atoms with Crippen LogP contribution in [-0.2, 0) is 19.4 Å². The summed E-state index contributed by atoms with van der Waals surface area (Å²) >= 11 is 0. The fourth-order valence-electron chi connectivity index (χ4n) is 5.65. The summed E-state index contributed by atoms with van der Waals surface area (Å²) in [6.45, 7) is 3.66. The molecule has 198 valence electrons. The van der Waals surface area contributed by atoms with Crippen molar-refractivity contribution >= 4 is 38.3 Å². The molecule has 1 aliphatic heterocycles. The molecule has 1 aliphatic carbocycles. The van der Waals surface area contributed by atoms with Gasteiger partial charge in [-0.05, 0) is 63.6 Å². The Balaban J connectivity index is 1.33. The molecule has 1 aromatic carbocycles. The van der Waals surface area contributed by atoms with Crippen LogP contribution in [0.4, 0.5) is 11.6 Å². The number of anilines is 2. The fraction of sp³-hybridized carbons (Fsp3) is 0.519. The fourth-order valence-corrected chi connectivity index (χ4v) is 6.72. The van der Waals surface area contributed by atoms with Gasteiger partial charge in [0, 0.05) is 59.9 Å². The minimum absolute atomic E-state index is 0.0163. The third-order valence-electron chi connectivity index (χ3n) is 7.68. The van der Waals surface area contributed by atoms with E-state index in [1.807, 2.05) is 31.3 Å². The van der Waals surface area contributed by atoms with E-state index >= 15 is 0 Å². The van der Waals surface area contributed by atoms with Gasteiger partial charge in [-0.25, -0.2) is 18.4 Å². The molecule has 2 aromatic heterocycles. The zero-order valence-electron chi connectivity index (χ0n) is 21.4. The summed E-state index contributed by atoms with van der Waals surface area (Å²) in [5.74, 6) is 0.477. The highest BCUT2D eigenvalue weighted by molar-refractivity contribution is 7.91. The number of carbonyl (C=O) groups excluding carboxylic acids is 1. The number of nitrogens with one attached hydrogen (secondary N) is 2. The van der Waals surface area contributed by atoms with E-state index in [0.717, 1.165) is 53.5 Å². The Bertz CT molecular complexity index is 1360. The van der Waals surface area contributed by atoms with Crippen LogP contribution in [0.5, 0.6) is 0 Å². The second-order valence-corrected chi connectivity index (χ2v) is 12.5. The maximum atomic E-state index is 12.0. The van der Waals surface area contributed by atoms with E-state index in [1.54, 1.807) is 6.20 Å². The first-order valence-electron chi connectivity index (χ1n) is 13.1. The van der Waals surface area contributed by atoms with E-state index in [0.29, 0.717) is 38.5 Å². The predicted molar refractivity (Wildman–Crippen MR) is 145 cm³/mol. The van der Waals surface area contributed by atoms with Gasteiger partial charge >= 0.3 is 5.97 Å². The monoisotopic (exact) mass is 525 g/mol. The zero-order valence-corrected chi connectivity index (χ0v) is 22.3. The van der Waals surface area contributed by atoms with E-state index in [9.17, 15) is 13.2 Å². The highest BCUT2D eigenvalue weighted by Crippen LogP contribution is 2.37. The van der Waals surface area contributed by atoms with E-state index in [1.165, 1.54) is 6.26 Å². The third-order valence-corrected chi connectivity index (χ3v) is 9.37. The van der Waals surface area contributed by atoms with Crippen molar-refractivity contribution in [3.63, 3.8) is 0 Å². The summed E-state index contributed by atoms with van der Waals surface area (Å²) < 4.78 is 29.2. The van der Waals surface area contributed by atoms with Crippen LogP contribution in [0.25, 0.3) is 22.2 Å². The van der Waals surface area contributed by atoms with Crippen molar-refractivity contribution in [2.24, 2.45) is 5.92 Å². The van der Waals surface area contributed by atoms with Crippen molar-refractivity contribution in [3.8, 4) is 11.3 Å². The smallest absolute Gasteiger partial charge is 0.308 e. The Labute approximate surface area is 217 Å². The number of rotatable bonds is 7. The molecule has 0 spiro atoms. The summed E-state index contributed by atoms with van der Waals surface area (Å²) in [4.78, 5) is 27.0. The van der Waals surface area contributed by atoms with Gasteiger partial charge in [-0.3, -0.25) is 4.79 Å². The number of carbonyl (C=O) groups is 1. The summed E-state index contributed by atoms with van der Waals surface area (Å²) in [6.07, 6.45) is 9.71. The van der Waals surface area contributed by atoms with Crippen LogP contribution in [0.2, 0.25) is 0 Å². The highest BCUT2D eigenvalue weighted by atomic mass is 32.2. The second kappa shape index (κ2) is 10.7. The molecule has 0 bridgehead atoms. The number of ether oxygens (including phenoxy) is 1. The van der Waals surface area contributed by atoms with Gasteiger partial charge in [-0.1, -0.05) is 6.07 Å². The molecule has 10 heteroatoms. The zero-order chi connectivity index (χ0) is 26.0. The number of H-pyrrole nitrogens is 1. The largest absolute Gasteiger partial charge is 0.466 e. The number of sulfone groups is 1. The number of esters is 1. The van der Waals surface area contributed by atoms with Crippen LogP contribution in [0.3, 0.4) is 0 Å². The van der Waals surface area contributed by atoms with Crippen molar-refractivity contribution in [2.45, 2.75) is 56.7 Å². The maximum absolute atomic E-state index is 12.0. The van der Waals surface area contributed by atoms with E-state index in [-0.39, 0.29) is 23.2 Å². The predicted octanol–water partition coefficient (Wildman–Crippen LogP) is 4.17. The first-order chi connectivity index (χ1) is 17.8. The lowest BCUT2D eigenvalue weighted by atomic mass is 9.86. The molecule has 3 heterocycles. The van der Waals surface area contributed by atoms with Gasteiger partial charge in [0.1, 0.15) is 9.84 Å². The molecule has 37 heavy (non-hydrogen) atoms. The van der Waals surface area contributed by atoms with Gasteiger partial charge in [0.25, 0.3) is 0 Å². The maximum Gasteiger partial charge on any atom is 0.308 e. The van der Waals surface area contributed by atoms with Gasteiger partial charge in [-0.15, -0.1) is 0 Å². The number of piperidine rings is 1. The molecule has 0 amide bonds. The van der Waals surface area contributed by atoms with Crippen LogP contribution in [0.1, 0.15) is 45.4 Å². The van der Waals surface area contributed by atoms with Crippen LogP contribution in [0.15, 0.2) is 36.7 Å². The first kappa shape index (κ1) is 25.5. The number of aromatic nitrogens is 3. The molecule has 1 saturated heterocycles. The van der Waals surface area contributed by atoms with Crippen molar-refractivity contribution in [1.29, 1.82) is 0 Å². The minimum atomic E-state index is -3.02. The Kier molecular flexibility index (Phi) is 7.37. The highest BCUT2D eigenvalue weighted by Gasteiger charge is 2.29. The van der Waals surface area contributed by atoms with Crippen molar-refractivity contribution < 1.29 is 17.9 Å². The normalized spacial score (nSPS) is 21.2. The molecule has 0 atom stereocenters. The second-order valence-electron chi connectivity index (χ2n) is 10.1. The molecular weight excluding hydrogens is 490 g/mol. The van der Waals surface area contributed by atoms with Crippen molar-refractivity contribution in [2.75, 3.05) is 36.2 Å². The lowest BCUT2D eigenvalue weighted by molar-refractivity contribution is -0.149. The molecule has 2 N–H and O–H groups in total. The van der Waals surface area contributed by atoms with Crippen molar-refractivity contribution in [1.82, 2.24) is 15.0 Å². The topological polar surface area (TPSA) is 117 Å². The molecule has 2 aliphatic rings.